The van der Waals surface area contributed by atoms with Gasteiger partial charge in [0.2, 0.25) is 0 Å². The summed E-state index contributed by atoms with van der Waals surface area (Å²) in [6.07, 6.45) is -0.594. The van der Waals surface area contributed by atoms with Crippen LogP contribution in [0.25, 0.3) is 0 Å². The van der Waals surface area contributed by atoms with Crippen molar-refractivity contribution in [2.45, 2.75) is 108 Å². The van der Waals surface area contributed by atoms with Crippen LogP contribution in [0.2, 0.25) is 0 Å². The fourth-order valence-corrected chi connectivity index (χ4v) is 6.10. The molecule has 2 saturated heterocycles. The van der Waals surface area contributed by atoms with Crippen LogP contribution in [0, 0.1) is 11.8 Å². The molecule has 38 heavy (non-hydrogen) atoms. The SMILES string of the molecule is CC[C@H]1OC(=O)[C@@](C)(F)C(=O)[C@H](C)C[C@@]2(C)C[C@H](CN(C)[C@H](C)[C@@H](O)[C@]1(C)O)C(CNCCCN(C)C)O2. The number of ketones is 1. The Balaban J connectivity index is 2.37. The minimum absolute atomic E-state index is 0.0787. The molecule has 222 valence electrons. The third-order valence-electron chi connectivity index (χ3n) is 8.54. The highest BCUT2D eigenvalue weighted by Gasteiger charge is 2.53. The van der Waals surface area contributed by atoms with Crippen LogP contribution in [0.5, 0.6) is 0 Å². The van der Waals surface area contributed by atoms with Crippen molar-refractivity contribution in [1.82, 2.24) is 15.1 Å². The van der Waals surface area contributed by atoms with Gasteiger partial charge in [0.25, 0.3) is 5.67 Å². The summed E-state index contributed by atoms with van der Waals surface area (Å²) in [4.78, 5) is 30.2. The predicted octanol–water partition coefficient (Wildman–Crippen LogP) is 1.78. The molecule has 0 aromatic rings. The van der Waals surface area contributed by atoms with Gasteiger partial charge in [-0.3, -0.25) is 4.79 Å². The lowest BCUT2D eigenvalue weighted by atomic mass is 9.81. The lowest BCUT2D eigenvalue weighted by Gasteiger charge is -2.42. The first-order valence-electron chi connectivity index (χ1n) is 14.0. The van der Waals surface area contributed by atoms with E-state index in [1.54, 1.807) is 20.8 Å². The van der Waals surface area contributed by atoms with Crippen LogP contribution >= 0.6 is 0 Å². The first-order chi connectivity index (χ1) is 17.5. The van der Waals surface area contributed by atoms with E-state index in [-0.39, 0.29) is 24.9 Å². The van der Waals surface area contributed by atoms with E-state index in [1.807, 2.05) is 33.0 Å². The fraction of sp³-hybridized carbons (Fsp3) is 0.929. The van der Waals surface area contributed by atoms with Crippen LogP contribution in [0.3, 0.4) is 0 Å². The van der Waals surface area contributed by atoms with E-state index >= 15 is 4.39 Å². The van der Waals surface area contributed by atoms with Gasteiger partial charge < -0.3 is 34.8 Å². The zero-order valence-corrected chi connectivity index (χ0v) is 24.9. The Labute approximate surface area is 228 Å². The fourth-order valence-electron chi connectivity index (χ4n) is 6.10. The number of esters is 1. The molecule has 3 N–H and O–H groups in total. The molecule has 0 amide bonds. The van der Waals surface area contributed by atoms with Crippen molar-refractivity contribution in [1.29, 1.82) is 0 Å². The summed E-state index contributed by atoms with van der Waals surface area (Å²) in [7, 11) is 5.96. The number of fused-ring (bicyclic) bond motifs is 2. The molecule has 2 fully saturated rings. The number of carbonyl (C=O) groups excluding carboxylic acids is 2. The molecule has 0 radical (unpaired) electrons. The molecule has 9 nitrogen and oxygen atoms in total. The van der Waals surface area contributed by atoms with Gasteiger partial charge in [-0.2, -0.15) is 0 Å². The van der Waals surface area contributed by atoms with Crippen LogP contribution in [0.15, 0.2) is 0 Å². The molecule has 2 bridgehead atoms. The quantitative estimate of drug-likeness (QED) is 0.250. The molecule has 1 unspecified atom stereocenters. The maximum Gasteiger partial charge on any atom is 0.351 e. The summed E-state index contributed by atoms with van der Waals surface area (Å²) in [5, 5.41) is 26.0. The zero-order chi connectivity index (χ0) is 29.1. The summed E-state index contributed by atoms with van der Waals surface area (Å²) < 4.78 is 27.6. The molecule has 2 heterocycles. The minimum Gasteiger partial charge on any atom is -0.457 e. The van der Waals surface area contributed by atoms with Gasteiger partial charge in [-0.15, -0.1) is 0 Å². The maximum atomic E-state index is 15.7. The van der Waals surface area contributed by atoms with Gasteiger partial charge in [0.1, 0.15) is 17.8 Å². The molecular formula is C28H52FN3O6. The third kappa shape index (κ3) is 7.73. The monoisotopic (exact) mass is 545 g/mol. The second kappa shape index (κ2) is 13.0. The van der Waals surface area contributed by atoms with Gasteiger partial charge in [-0.1, -0.05) is 13.8 Å². The van der Waals surface area contributed by atoms with Crippen molar-refractivity contribution in [3.63, 3.8) is 0 Å². The Morgan fingerprint density at radius 2 is 1.82 bits per heavy atom. The number of carbonyl (C=O) groups is 2. The summed E-state index contributed by atoms with van der Waals surface area (Å²) in [6, 6.07) is -0.499. The summed E-state index contributed by atoms with van der Waals surface area (Å²) >= 11 is 0. The molecule has 0 saturated carbocycles. The van der Waals surface area contributed by atoms with E-state index in [2.05, 4.69) is 10.2 Å². The topological polar surface area (TPSA) is 112 Å². The largest absolute Gasteiger partial charge is 0.457 e. The molecule has 2 aliphatic heterocycles. The van der Waals surface area contributed by atoms with Crippen molar-refractivity contribution >= 4 is 11.8 Å². The Kier molecular flexibility index (Phi) is 11.3. The molecule has 9 atom stereocenters. The van der Waals surface area contributed by atoms with Gasteiger partial charge in [0, 0.05) is 31.0 Å². The van der Waals surface area contributed by atoms with Crippen molar-refractivity contribution in [3.05, 3.63) is 0 Å². The maximum absolute atomic E-state index is 15.7. The van der Waals surface area contributed by atoms with Crippen molar-refractivity contribution in [2.75, 3.05) is 47.3 Å². The van der Waals surface area contributed by atoms with Gasteiger partial charge in [0.15, 0.2) is 5.78 Å². The van der Waals surface area contributed by atoms with Crippen LogP contribution in [-0.2, 0) is 19.1 Å². The van der Waals surface area contributed by atoms with E-state index in [9.17, 15) is 19.8 Å². The lowest BCUT2D eigenvalue weighted by molar-refractivity contribution is -0.196. The molecule has 10 heteroatoms. The first kappa shape index (κ1) is 33.0. The molecule has 0 aromatic heterocycles. The number of aliphatic hydroxyl groups excluding tert-OH is 1. The average Bonchev–Trinajstić information content (AvgIpc) is 3.13. The molecule has 0 aliphatic carbocycles. The van der Waals surface area contributed by atoms with E-state index in [1.165, 1.54) is 6.92 Å². The number of alkyl halides is 1. The minimum atomic E-state index is -2.89. The number of ether oxygens (including phenoxy) is 2. The third-order valence-corrected chi connectivity index (χ3v) is 8.54. The number of hydrogen-bond acceptors (Lipinski definition) is 9. The second-order valence-corrected chi connectivity index (χ2v) is 12.6. The highest BCUT2D eigenvalue weighted by atomic mass is 19.1. The number of rotatable bonds is 7. The van der Waals surface area contributed by atoms with Crippen LogP contribution in [-0.4, -0.2) is 120 Å². The average molecular weight is 546 g/mol. The second-order valence-electron chi connectivity index (χ2n) is 12.6. The van der Waals surface area contributed by atoms with Gasteiger partial charge in [-0.25, -0.2) is 9.18 Å². The standard InChI is InChI=1S/C28H52FN3O6/c1-10-22-28(6,36)24(34)19(3)32(9)17-20-15-26(4,38-21(20)16-30-12-11-13-31(7)8)14-18(2)23(33)27(5,29)25(35)37-22/h18-22,24,30,34,36H,10-17H2,1-9H3/t18-,19-,20-,21?,22-,24-,26+,27+,28-/m1/s1. The Bertz CT molecular complexity index is 809. The molecular weight excluding hydrogens is 493 g/mol. The smallest absolute Gasteiger partial charge is 0.351 e. The molecule has 2 aliphatic rings. The summed E-state index contributed by atoms with van der Waals surface area (Å²) in [6.45, 7) is 12.4. The normalized spacial score (nSPS) is 42.1. The summed E-state index contributed by atoms with van der Waals surface area (Å²) in [5.74, 6) is -2.93. The Hall–Kier alpha value is -1.17. The number of hydrogen-bond donors (Lipinski definition) is 3. The zero-order valence-electron chi connectivity index (χ0n) is 24.9. The summed E-state index contributed by atoms with van der Waals surface area (Å²) in [5.41, 5.74) is -5.44. The van der Waals surface area contributed by atoms with Crippen molar-refractivity contribution < 1.29 is 33.7 Å². The highest BCUT2D eigenvalue weighted by Crippen LogP contribution is 2.41. The van der Waals surface area contributed by atoms with Crippen LogP contribution < -0.4 is 5.32 Å². The number of halogens is 1. The highest BCUT2D eigenvalue weighted by molar-refractivity contribution is 6.07. The number of cyclic esters (lactones) is 1. The van der Waals surface area contributed by atoms with E-state index < -0.39 is 52.8 Å². The van der Waals surface area contributed by atoms with Crippen LogP contribution in [0.1, 0.15) is 67.2 Å². The predicted molar refractivity (Wildman–Crippen MR) is 145 cm³/mol. The lowest BCUT2D eigenvalue weighted by Crippen LogP contribution is -2.60. The Morgan fingerprint density at radius 1 is 1.18 bits per heavy atom. The number of Topliss-reactive ketones (excluding diaryl/α,β-unsaturated/α-hetero) is 1. The molecule has 0 aromatic carbocycles. The van der Waals surface area contributed by atoms with Crippen molar-refractivity contribution in [3.8, 4) is 0 Å². The van der Waals surface area contributed by atoms with Gasteiger partial charge >= 0.3 is 5.97 Å². The number of aliphatic hydroxyl groups is 2. The van der Waals surface area contributed by atoms with Gasteiger partial charge in [-0.05, 0) is 87.6 Å². The Morgan fingerprint density at radius 3 is 2.39 bits per heavy atom. The van der Waals surface area contributed by atoms with E-state index in [4.69, 9.17) is 9.47 Å². The number of nitrogens with zero attached hydrogens (tertiary/aromatic N) is 2. The van der Waals surface area contributed by atoms with Gasteiger partial charge in [0.05, 0.1) is 11.7 Å². The number of likely N-dealkylation sites (N-methyl/N-ethyl adjacent to an activating group) is 1. The molecule has 2 rings (SSSR count). The van der Waals surface area contributed by atoms with Crippen molar-refractivity contribution in [2.24, 2.45) is 11.8 Å². The van der Waals surface area contributed by atoms with E-state index in [0.717, 1.165) is 26.4 Å². The van der Waals surface area contributed by atoms with Crippen LogP contribution in [0.4, 0.5) is 4.39 Å². The first-order valence-corrected chi connectivity index (χ1v) is 14.0. The molecule has 0 spiro atoms. The number of nitrogens with one attached hydrogen (secondary N) is 1. The van der Waals surface area contributed by atoms with E-state index in [0.29, 0.717) is 19.5 Å².